The minimum Gasteiger partial charge on any atom is -0.349 e. The predicted octanol–water partition coefficient (Wildman–Crippen LogP) is 4.53. The van der Waals surface area contributed by atoms with Crippen molar-refractivity contribution < 1.29 is 4.79 Å². The number of aryl methyl sites for hydroxylation is 1. The van der Waals surface area contributed by atoms with Gasteiger partial charge in [0.25, 0.3) is 0 Å². The summed E-state index contributed by atoms with van der Waals surface area (Å²) in [6.45, 7) is 9.36. The van der Waals surface area contributed by atoms with E-state index in [4.69, 9.17) is 5.73 Å². The Morgan fingerprint density at radius 2 is 1.74 bits per heavy atom. The Morgan fingerprint density at radius 3 is 2.30 bits per heavy atom. The fraction of sp³-hybridized carbons (Fsp3) is 0.632. The molecule has 0 saturated carbocycles. The molecular weight excluding hydrogens is 308 g/mol. The third kappa shape index (κ3) is 7.85. The average molecular weight is 341 g/mol. The first-order chi connectivity index (χ1) is 10.4. The number of nitrogens with one attached hydrogen (secondary N) is 1. The van der Waals surface area contributed by atoms with Crippen LogP contribution >= 0.6 is 12.4 Å². The molecule has 0 spiro atoms. The standard InChI is InChI=1S/C19H32N2O.ClH/c1-15-11-8-9-12-16(15)18(19(2,3)4)21-17(22)13-7-5-6-10-14-20;/h8-9,11-12,18H,5-7,10,13-14,20H2,1-4H3,(H,21,22);1H. The second kappa shape index (κ2) is 10.7. The normalized spacial score (nSPS) is 12.4. The van der Waals surface area contributed by atoms with Gasteiger partial charge in [-0.2, -0.15) is 0 Å². The van der Waals surface area contributed by atoms with Gasteiger partial charge < -0.3 is 11.1 Å². The molecule has 132 valence electrons. The summed E-state index contributed by atoms with van der Waals surface area (Å²) in [7, 11) is 0. The summed E-state index contributed by atoms with van der Waals surface area (Å²) >= 11 is 0. The molecule has 3 nitrogen and oxygen atoms in total. The van der Waals surface area contributed by atoms with Crippen LogP contribution in [0.1, 0.15) is 70.0 Å². The lowest BCUT2D eigenvalue weighted by molar-refractivity contribution is -0.122. The van der Waals surface area contributed by atoms with Crippen LogP contribution in [0.5, 0.6) is 0 Å². The number of rotatable bonds is 8. The Hall–Kier alpha value is -1.06. The summed E-state index contributed by atoms with van der Waals surface area (Å²) in [4.78, 5) is 12.3. The Balaban J connectivity index is 0.00000484. The van der Waals surface area contributed by atoms with E-state index in [0.29, 0.717) is 6.42 Å². The fourth-order valence-corrected chi connectivity index (χ4v) is 2.69. The van der Waals surface area contributed by atoms with Crippen LogP contribution in [0, 0.1) is 12.3 Å². The second-order valence-electron chi connectivity index (χ2n) is 7.18. The molecule has 23 heavy (non-hydrogen) atoms. The maximum atomic E-state index is 12.3. The van der Waals surface area contributed by atoms with Gasteiger partial charge in [0.15, 0.2) is 0 Å². The van der Waals surface area contributed by atoms with E-state index in [2.05, 4.69) is 45.1 Å². The third-order valence-electron chi connectivity index (χ3n) is 4.03. The van der Waals surface area contributed by atoms with Crippen LogP contribution in [0.4, 0.5) is 0 Å². The first-order valence-corrected chi connectivity index (χ1v) is 8.41. The second-order valence-corrected chi connectivity index (χ2v) is 7.18. The molecule has 4 heteroatoms. The molecule has 0 aromatic heterocycles. The molecule has 0 fully saturated rings. The lowest BCUT2D eigenvalue weighted by atomic mass is 9.80. The van der Waals surface area contributed by atoms with Crippen molar-refractivity contribution >= 4 is 18.3 Å². The van der Waals surface area contributed by atoms with Crippen LogP contribution in [0.2, 0.25) is 0 Å². The molecule has 0 aliphatic rings. The maximum Gasteiger partial charge on any atom is 0.220 e. The molecule has 0 aliphatic carbocycles. The van der Waals surface area contributed by atoms with Crippen molar-refractivity contribution in [3.05, 3.63) is 35.4 Å². The van der Waals surface area contributed by atoms with Gasteiger partial charge in [0.1, 0.15) is 0 Å². The molecule has 1 rings (SSSR count). The van der Waals surface area contributed by atoms with Gasteiger partial charge in [0.2, 0.25) is 5.91 Å². The third-order valence-corrected chi connectivity index (χ3v) is 4.03. The van der Waals surface area contributed by atoms with Gasteiger partial charge in [-0.05, 0) is 42.9 Å². The van der Waals surface area contributed by atoms with Gasteiger partial charge in [-0.15, -0.1) is 12.4 Å². The first-order valence-electron chi connectivity index (χ1n) is 8.41. The van der Waals surface area contributed by atoms with Crippen molar-refractivity contribution in [1.82, 2.24) is 5.32 Å². The Bertz CT molecular complexity index is 469. The van der Waals surface area contributed by atoms with Crippen LogP contribution < -0.4 is 11.1 Å². The van der Waals surface area contributed by atoms with E-state index in [9.17, 15) is 4.79 Å². The van der Waals surface area contributed by atoms with E-state index in [0.717, 1.165) is 32.2 Å². The molecule has 0 bridgehead atoms. The van der Waals surface area contributed by atoms with Crippen LogP contribution in [0.15, 0.2) is 24.3 Å². The quantitative estimate of drug-likeness (QED) is 0.683. The minimum atomic E-state index is -0.0126. The van der Waals surface area contributed by atoms with Crippen molar-refractivity contribution in [2.24, 2.45) is 11.1 Å². The van der Waals surface area contributed by atoms with Crippen molar-refractivity contribution in [3.63, 3.8) is 0 Å². The lowest BCUT2D eigenvalue weighted by Crippen LogP contribution is -2.36. The zero-order chi connectivity index (χ0) is 16.6. The van der Waals surface area contributed by atoms with E-state index in [1.165, 1.54) is 11.1 Å². The van der Waals surface area contributed by atoms with E-state index in [1.54, 1.807) is 0 Å². The van der Waals surface area contributed by atoms with Crippen LogP contribution in [-0.4, -0.2) is 12.5 Å². The number of amides is 1. The first kappa shape index (κ1) is 21.9. The topological polar surface area (TPSA) is 55.1 Å². The predicted molar refractivity (Wildman–Crippen MR) is 101 cm³/mol. The zero-order valence-corrected chi connectivity index (χ0v) is 15.8. The highest BCUT2D eigenvalue weighted by Gasteiger charge is 2.28. The Morgan fingerprint density at radius 1 is 1.13 bits per heavy atom. The summed E-state index contributed by atoms with van der Waals surface area (Å²) in [5.74, 6) is 0.149. The van der Waals surface area contributed by atoms with Crippen LogP contribution in [0.3, 0.4) is 0 Å². The van der Waals surface area contributed by atoms with E-state index in [-0.39, 0.29) is 29.8 Å². The molecule has 1 atom stereocenters. The number of nitrogens with two attached hydrogens (primary N) is 1. The van der Waals surface area contributed by atoms with Gasteiger partial charge in [0, 0.05) is 6.42 Å². The lowest BCUT2D eigenvalue weighted by Gasteiger charge is -2.33. The summed E-state index contributed by atoms with van der Waals surface area (Å²) in [6, 6.07) is 8.35. The highest BCUT2D eigenvalue weighted by molar-refractivity contribution is 5.85. The number of hydrogen-bond acceptors (Lipinski definition) is 2. The molecule has 0 aliphatic heterocycles. The number of benzene rings is 1. The van der Waals surface area contributed by atoms with Crippen LogP contribution in [0.25, 0.3) is 0 Å². The SMILES string of the molecule is Cc1ccccc1C(NC(=O)CCCCCCN)C(C)(C)C.Cl. The molecule has 0 radical (unpaired) electrons. The number of hydrogen-bond donors (Lipinski definition) is 2. The average Bonchev–Trinajstić information content (AvgIpc) is 2.44. The monoisotopic (exact) mass is 340 g/mol. The summed E-state index contributed by atoms with van der Waals surface area (Å²) in [6.07, 6.45) is 4.79. The van der Waals surface area contributed by atoms with Gasteiger partial charge in [-0.3, -0.25) is 4.79 Å². The highest BCUT2D eigenvalue weighted by Crippen LogP contribution is 2.34. The fourth-order valence-electron chi connectivity index (χ4n) is 2.69. The number of halogens is 1. The number of carbonyl (C=O) groups excluding carboxylic acids is 1. The zero-order valence-electron chi connectivity index (χ0n) is 15.0. The smallest absolute Gasteiger partial charge is 0.220 e. The van der Waals surface area contributed by atoms with E-state index < -0.39 is 0 Å². The van der Waals surface area contributed by atoms with Gasteiger partial charge in [0.05, 0.1) is 6.04 Å². The van der Waals surface area contributed by atoms with Crippen molar-refractivity contribution in [1.29, 1.82) is 0 Å². The summed E-state index contributed by atoms with van der Waals surface area (Å²) in [5, 5.41) is 3.24. The largest absolute Gasteiger partial charge is 0.349 e. The minimum absolute atomic E-state index is 0. The summed E-state index contributed by atoms with van der Waals surface area (Å²) < 4.78 is 0. The van der Waals surface area contributed by atoms with Crippen molar-refractivity contribution in [2.75, 3.05) is 6.54 Å². The Kier molecular flexibility index (Phi) is 10.2. The molecule has 1 aromatic carbocycles. The van der Waals surface area contributed by atoms with E-state index in [1.807, 2.05) is 12.1 Å². The molecule has 3 N–H and O–H groups in total. The maximum absolute atomic E-state index is 12.3. The molecule has 1 unspecified atom stereocenters. The molecule has 0 saturated heterocycles. The molecular formula is C19H33ClN2O. The van der Waals surface area contributed by atoms with Gasteiger partial charge in [-0.25, -0.2) is 0 Å². The van der Waals surface area contributed by atoms with Gasteiger partial charge in [-0.1, -0.05) is 57.9 Å². The van der Waals surface area contributed by atoms with Crippen molar-refractivity contribution in [3.8, 4) is 0 Å². The number of unbranched alkanes of at least 4 members (excludes halogenated alkanes) is 3. The highest BCUT2D eigenvalue weighted by atomic mass is 35.5. The Labute approximate surface area is 147 Å². The number of carbonyl (C=O) groups is 1. The van der Waals surface area contributed by atoms with Crippen molar-refractivity contribution in [2.45, 2.75) is 65.8 Å². The van der Waals surface area contributed by atoms with E-state index >= 15 is 0 Å². The summed E-state index contributed by atoms with van der Waals surface area (Å²) in [5.41, 5.74) is 7.91. The van der Waals surface area contributed by atoms with Gasteiger partial charge >= 0.3 is 0 Å². The molecule has 1 amide bonds. The molecule has 0 heterocycles. The van der Waals surface area contributed by atoms with Crippen LogP contribution in [-0.2, 0) is 4.79 Å². The molecule has 1 aromatic rings.